The van der Waals surface area contributed by atoms with E-state index in [1.807, 2.05) is 42.5 Å². The molecule has 1 heterocycles. The normalized spacial score (nSPS) is 17.4. The van der Waals surface area contributed by atoms with Crippen molar-refractivity contribution >= 4 is 23.0 Å². The third-order valence-electron chi connectivity index (χ3n) is 3.88. The Hall–Kier alpha value is -2.79. The molecule has 5 heteroatoms. The number of amides is 1. The molecule has 112 valence electrons. The van der Waals surface area contributed by atoms with E-state index in [4.69, 9.17) is 11.6 Å². The maximum Gasteiger partial charge on any atom is 0.258 e. The van der Waals surface area contributed by atoms with Gasteiger partial charge in [-0.1, -0.05) is 36.4 Å². The summed E-state index contributed by atoms with van der Waals surface area (Å²) in [6.45, 7) is 0. The third-order valence-corrected chi connectivity index (χ3v) is 3.88. The molecule has 4 N–H and O–H groups in total. The van der Waals surface area contributed by atoms with Crippen LogP contribution in [0.2, 0.25) is 0 Å². The van der Waals surface area contributed by atoms with Crippen LogP contribution in [0.5, 0.6) is 0 Å². The summed E-state index contributed by atoms with van der Waals surface area (Å²) in [6, 6.07) is 14.9. The highest BCUT2D eigenvalue weighted by Crippen LogP contribution is 2.34. The van der Waals surface area contributed by atoms with E-state index < -0.39 is 0 Å². The number of carbonyl (C=O) groups is 1. The maximum absolute atomic E-state index is 12.8. The summed E-state index contributed by atoms with van der Waals surface area (Å²) >= 11 is 0. The Morgan fingerprint density at radius 2 is 1.50 bits per heavy atom. The van der Waals surface area contributed by atoms with Gasteiger partial charge in [0.05, 0.1) is 17.1 Å². The molecule has 1 aliphatic rings. The van der Waals surface area contributed by atoms with Crippen LogP contribution in [0.1, 0.15) is 21.5 Å². The SMILES string of the molecule is CN(N)/C1=C(\N)c2ccccc2N(C)C(=O)c2ccccc21. The minimum Gasteiger partial charge on any atom is -0.396 e. The Balaban J connectivity index is 2.43. The van der Waals surface area contributed by atoms with E-state index in [0.717, 1.165) is 16.8 Å². The number of fused-ring (bicyclic) bond motifs is 2. The van der Waals surface area contributed by atoms with Crippen LogP contribution in [0.15, 0.2) is 48.5 Å². The van der Waals surface area contributed by atoms with Crippen LogP contribution in [-0.2, 0) is 0 Å². The summed E-state index contributed by atoms with van der Waals surface area (Å²) < 4.78 is 0. The molecule has 0 radical (unpaired) electrons. The summed E-state index contributed by atoms with van der Waals surface area (Å²) in [5.41, 5.74) is 10.5. The predicted octanol–water partition coefficient (Wildman–Crippen LogP) is 1.87. The number of hydrogen-bond acceptors (Lipinski definition) is 4. The van der Waals surface area contributed by atoms with E-state index in [0.29, 0.717) is 17.0 Å². The number of anilines is 1. The van der Waals surface area contributed by atoms with Gasteiger partial charge in [0.25, 0.3) is 5.91 Å². The summed E-state index contributed by atoms with van der Waals surface area (Å²) in [4.78, 5) is 14.4. The van der Waals surface area contributed by atoms with Gasteiger partial charge < -0.3 is 15.6 Å². The highest BCUT2D eigenvalue weighted by molar-refractivity contribution is 6.13. The van der Waals surface area contributed by atoms with Gasteiger partial charge in [-0.05, 0) is 12.1 Å². The standard InChI is InChI=1S/C17H18N4O/c1-20-14-10-6-5-9-13(14)15(18)16(21(2)19)11-7-3-4-8-12(11)17(20)22/h3-10H,18-19H2,1-2H3/b16-15-. The van der Waals surface area contributed by atoms with Crippen LogP contribution in [0, 0.1) is 0 Å². The lowest BCUT2D eigenvalue weighted by atomic mass is 9.96. The summed E-state index contributed by atoms with van der Waals surface area (Å²) in [5, 5.41) is 1.46. The molecule has 0 aliphatic carbocycles. The average Bonchev–Trinajstić information content (AvgIpc) is 2.53. The zero-order valence-electron chi connectivity index (χ0n) is 12.6. The van der Waals surface area contributed by atoms with Gasteiger partial charge in [-0.2, -0.15) is 0 Å². The fourth-order valence-electron chi connectivity index (χ4n) is 2.81. The van der Waals surface area contributed by atoms with E-state index in [1.54, 1.807) is 25.1 Å². The fourth-order valence-corrected chi connectivity index (χ4v) is 2.81. The molecule has 3 rings (SSSR count). The van der Waals surface area contributed by atoms with Gasteiger partial charge in [-0.15, -0.1) is 0 Å². The monoisotopic (exact) mass is 294 g/mol. The molecule has 0 saturated carbocycles. The molecule has 0 spiro atoms. The second kappa shape index (κ2) is 5.20. The van der Waals surface area contributed by atoms with Gasteiger partial charge in [0.2, 0.25) is 0 Å². The molecule has 2 aromatic carbocycles. The Bertz CT molecular complexity index is 780. The van der Waals surface area contributed by atoms with Crippen molar-refractivity contribution in [3.8, 4) is 0 Å². The van der Waals surface area contributed by atoms with Crippen LogP contribution >= 0.6 is 0 Å². The highest BCUT2D eigenvalue weighted by Gasteiger charge is 2.27. The Labute approximate surface area is 129 Å². The molecule has 0 bridgehead atoms. The number of rotatable bonds is 1. The van der Waals surface area contributed by atoms with E-state index in [9.17, 15) is 4.79 Å². The maximum atomic E-state index is 12.8. The van der Waals surface area contributed by atoms with E-state index in [2.05, 4.69) is 0 Å². The van der Waals surface area contributed by atoms with Crippen molar-refractivity contribution in [2.24, 2.45) is 11.6 Å². The second-order valence-electron chi connectivity index (χ2n) is 5.30. The largest absolute Gasteiger partial charge is 0.396 e. The first kappa shape index (κ1) is 14.2. The van der Waals surface area contributed by atoms with Crippen LogP contribution in [0.3, 0.4) is 0 Å². The Morgan fingerprint density at radius 1 is 0.955 bits per heavy atom. The van der Waals surface area contributed by atoms with Gasteiger partial charge in [-0.3, -0.25) is 4.79 Å². The zero-order valence-corrected chi connectivity index (χ0v) is 12.6. The van der Waals surface area contributed by atoms with E-state index >= 15 is 0 Å². The predicted molar refractivity (Wildman–Crippen MR) is 88.6 cm³/mol. The van der Waals surface area contributed by atoms with Crippen LogP contribution < -0.4 is 16.5 Å². The highest BCUT2D eigenvalue weighted by atomic mass is 16.2. The summed E-state index contributed by atoms with van der Waals surface area (Å²) in [6.07, 6.45) is 0. The molecule has 5 nitrogen and oxygen atoms in total. The van der Waals surface area contributed by atoms with Crippen LogP contribution in [-0.4, -0.2) is 25.0 Å². The van der Waals surface area contributed by atoms with Crippen molar-refractivity contribution in [2.45, 2.75) is 0 Å². The number of nitrogens with two attached hydrogens (primary N) is 2. The Kier molecular flexibility index (Phi) is 3.35. The lowest BCUT2D eigenvalue weighted by molar-refractivity contribution is 0.0992. The molecule has 0 saturated heterocycles. The molecule has 0 unspecified atom stereocenters. The lowest BCUT2D eigenvalue weighted by Gasteiger charge is -2.29. The van der Waals surface area contributed by atoms with Crippen molar-refractivity contribution in [2.75, 3.05) is 19.0 Å². The molecule has 0 fully saturated rings. The number of benzene rings is 2. The van der Waals surface area contributed by atoms with Crippen molar-refractivity contribution in [1.82, 2.24) is 5.01 Å². The summed E-state index contributed by atoms with van der Waals surface area (Å²) in [7, 11) is 3.47. The third kappa shape index (κ3) is 2.03. The molecular formula is C17H18N4O. The summed E-state index contributed by atoms with van der Waals surface area (Å²) in [5.74, 6) is 5.91. The van der Waals surface area contributed by atoms with Crippen LogP contribution in [0.4, 0.5) is 5.69 Å². The van der Waals surface area contributed by atoms with Gasteiger partial charge in [0.15, 0.2) is 0 Å². The Morgan fingerprint density at radius 3 is 2.14 bits per heavy atom. The van der Waals surface area contributed by atoms with E-state index in [-0.39, 0.29) is 5.91 Å². The topological polar surface area (TPSA) is 75.6 Å². The van der Waals surface area contributed by atoms with Gasteiger partial charge in [0, 0.05) is 30.8 Å². The number of para-hydroxylation sites is 1. The smallest absolute Gasteiger partial charge is 0.258 e. The van der Waals surface area contributed by atoms with E-state index in [1.165, 1.54) is 5.01 Å². The molecule has 1 aliphatic heterocycles. The van der Waals surface area contributed by atoms with Crippen molar-refractivity contribution in [3.63, 3.8) is 0 Å². The minimum absolute atomic E-state index is 0.0881. The lowest BCUT2D eigenvalue weighted by Crippen LogP contribution is -2.33. The molecular weight excluding hydrogens is 276 g/mol. The van der Waals surface area contributed by atoms with Gasteiger partial charge in [-0.25, -0.2) is 5.84 Å². The van der Waals surface area contributed by atoms with Crippen LogP contribution in [0.25, 0.3) is 11.4 Å². The second-order valence-corrected chi connectivity index (χ2v) is 5.30. The minimum atomic E-state index is -0.0881. The molecule has 0 aromatic heterocycles. The first-order chi connectivity index (χ1) is 10.5. The first-order valence-corrected chi connectivity index (χ1v) is 6.97. The fraction of sp³-hybridized carbons (Fsp3) is 0.118. The molecule has 22 heavy (non-hydrogen) atoms. The molecule has 2 aromatic rings. The van der Waals surface area contributed by atoms with Gasteiger partial charge >= 0.3 is 0 Å². The molecule has 1 amide bonds. The van der Waals surface area contributed by atoms with Crippen molar-refractivity contribution < 1.29 is 4.79 Å². The van der Waals surface area contributed by atoms with Crippen molar-refractivity contribution in [1.29, 1.82) is 0 Å². The quantitative estimate of drug-likeness (QED) is 0.622. The number of hydrazine groups is 1. The number of nitrogens with zero attached hydrogens (tertiary/aromatic N) is 2. The first-order valence-electron chi connectivity index (χ1n) is 6.97. The zero-order chi connectivity index (χ0) is 15.9. The van der Waals surface area contributed by atoms with Gasteiger partial charge in [0.1, 0.15) is 0 Å². The number of carbonyl (C=O) groups excluding carboxylic acids is 1. The van der Waals surface area contributed by atoms with Crippen molar-refractivity contribution in [3.05, 3.63) is 65.2 Å². The number of hydrogen-bond donors (Lipinski definition) is 2. The molecule has 0 atom stereocenters. The average molecular weight is 294 g/mol.